The van der Waals surface area contributed by atoms with Crippen LogP contribution >= 0.6 is 0 Å². The van der Waals surface area contributed by atoms with Crippen molar-refractivity contribution in [2.24, 2.45) is 11.7 Å². The van der Waals surface area contributed by atoms with Crippen molar-refractivity contribution in [3.05, 3.63) is 29.8 Å². The highest BCUT2D eigenvalue weighted by atomic mass is 15.1. The van der Waals surface area contributed by atoms with Gasteiger partial charge in [-0.15, -0.1) is 0 Å². The van der Waals surface area contributed by atoms with E-state index in [9.17, 15) is 0 Å². The minimum Gasteiger partial charge on any atom is -0.384 e. The molecule has 1 aliphatic rings. The molecule has 0 bridgehead atoms. The van der Waals surface area contributed by atoms with E-state index in [2.05, 4.69) is 17.9 Å². The van der Waals surface area contributed by atoms with E-state index < -0.39 is 0 Å². The van der Waals surface area contributed by atoms with Gasteiger partial charge in [0.25, 0.3) is 0 Å². The van der Waals surface area contributed by atoms with E-state index in [0.717, 1.165) is 30.3 Å². The average molecular weight is 231 g/mol. The number of nitrogens with one attached hydrogen (secondary N) is 1. The van der Waals surface area contributed by atoms with Gasteiger partial charge in [-0.1, -0.05) is 18.6 Å². The van der Waals surface area contributed by atoms with Gasteiger partial charge in [-0.3, -0.25) is 5.41 Å². The summed E-state index contributed by atoms with van der Waals surface area (Å²) in [6, 6.07) is 7.96. The molecule has 3 N–H and O–H groups in total. The molecule has 0 heterocycles. The van der Waals surface area contributed by atoms with Gasteiger partial charge >= 0.3 is 0 Å². The predicted octanol–water partition coefficient (Wildman–Crippen LogP) is 2.60. The summed E-state index contributed by atoms with van der Waals surface area (Å²) >= 11 is 0. The van der Waals surface area contributed by atoms with Gasteiger partial charge in [-0.2, -0.15) is 0 Å². The number of nitrogens with zero attached hydrogens (tertiary/aromatic N) is 1. The Kier molecular flexibility index (Phi) is 3.67. The van der Waals surface area contributed by atoms with Crippen LogP contribution in [-0.2, 0) is 0 Å². The first-order chi connectivity index (χ1) is 8.22. The fourth-order valence-electron chi connectivity index (χ4n) is 2.36. The third kappa shape index (κ3) is 2.60. The van der Waals surface area contributed by atoms with E-state index in [1.54, 1.807) is 0 Å². The molecule has 1 aliphatic carbocycles. The van der Waals surface area contributed by atoms with Gasteiger partial charge in [0.2, 0.25) is 0 Å². The summed E-state index contributed by atoms with van der Waals surface area (Å²) in [5.41, 5.74) is 7.60. The lowest BCUT2D eigenvalue weighted by molar-refractivity contribution is 0.318. The zero-order chi connectivity index (χ0) is 12.3. The Morgan fingerprint density at radius 1 is 1.41 bits per heavy atom. The van der Waals surface area contributed by atoms with Crippen LogP contribution in [0.25, 0.3) is 0 Å². The molecular weight excluding hydrogens is 210 g/mol. The summed E-state index contributed by atoms with van der Waals surface area (Å²) in [6.45, 7) is 4.23. The zero-order valence-corrected chi connectivity index (χ0v) is 10.4. The van der Waals surface area contributed by atoms with Crippen LogP contribution < -0.4 is 10.6 Å². The van der Waals surface area contributed by atoms with E-state index in [4.69, 9.17) is 11.1 Å². The van der Waals surface area contributed by atoms with Crippen LogP contribution in [0.5, 0.6) is 0 Å². The molecule has 0 aliphatic heterocycles. The quantitative estimate of drug-likeness (QED) is 0.604. The van der Waals surface area contributed by atoms with Gasteiger partial charge in [-0.05, 0) is 37.8 Å². The van der Waals surface area contributed by atoms with Crippen LogP contribution in [0.1, 0.15) is 31.7 Å². The van der Waals surface area contributed by atoms with Crippen LogP contribution in [-0.4, -0.2) is 18.9 Å². The highest BCUT2D eigenvalue weighted by Crippen LogP contribution is 2.29. The molecule has 3 heteroatoms. The van der Waals surface area contributed by atoms with Crippen LogP contribution in [0.4, 0.5) is 5.69 Å². The smallest absolute Gasteiger partial charge is 0.124 e. The third-order valence-corrected chi connectivity index (χ3v) is 3.62. The topological polar surface area (TPSA) is 53.1 Å². The number of nitrogen functional groups attached to an aromatic ring is 1. The molecular formula is C14H21N3. The SMILES string of the molecule is CCN(CC1CCC1)c1ccccc1C(=N)N. The lowest BCUT2D eigenvalue weighted by Crippen LogP contribution is -2.33. The minimum atomic E-state index is 0.160. The largest absolute Gasteiger partial charge is 0.384 e. The Morgan fingerprint density at radius 2 is 2.12 bits per heavy atom. The lowest BCUT2D eigenvalue weighted by atomic mass is 9.85. The Morgan fingerprint density at radius 3 is 2.65 bits per heavy atom. The van der Waals surface area contributed by atoms with E-state index in [1.165, 1.54) is 19.3 Å². The number of benzene rings is 1. The van der Waals surface area contributed by atoms with Crippen molar-refractivity contribution >= 4 is 11.5 Å². The maximum atomic E-state index is 7.64. The Hall–Kier alpha value is -1.51. The van der Waals surface area contributed by atoms with E-state index in [-0.39, 0.29) is 5.84 Å². The van der Waals surface area contributed by atoms with Gasteiger partial charge in [0, 0.05) is 24.3 Å². The first-order valence-electron chi connectivity index (χ1n) is 6.40. The number of anilines is 1. The zero-order valence-electron chi connectivity index (χ0n) is 10.4. The normalized spacial score (nSPS) is 15.4. The highest BCUT2D eigenvalue weighted by Gasteiger charge is 2.21. The molecule has 1 saturated carbocycles. The second-order valence-electron chi connectivity index (χ2n) is 4.77. The summed E-state index contributed by atoms with van der Waals surface area (Å²) in [7, 11) is 0. The predicted molar refractivity (Wildman–Crippen MR) is 72.7 cm³/mol. The van der Waals surface area contributed by atoms with Gasteiger partial charge < -0.3 is 10.6 Å². The van der Waals surface area contributed by atoms with Crippen LogP contribution in [0.2, 0.25) is 0 Å². The van der Waals surface area contributed by atoms with E-state index in [0.29, 0.717) is 0 Å². The molecule has 17 heavy (non-hydrogen) atoms. The van der Waals surface area contributed by atoms with Crippen molar-refractivity contribution < 1.29 is 0 Å². The number of nitrogens with two attached hydrogens (primary N) is 1. The Labute approximate surface area is 103 Å². The van der Waals surface area contributed by atoms with Crippen LogP contribution in [0.15, 0.2) is 24.3 Å². The van der Waals surface area contributed by atoms with E-state index >= 15 is 0 Å². The molecule has 0 aromatic heterocycles. The molecule has 0 atom stereocenters. The van der Waals surface area contributed by atoms with Crippen LogP contribution in [0.3, 0.4) is 0 Å². The number of hydrogen-bond donors (Lipinski definition) is 2. The summed E-state index contributed by atoms with van der Waals surface area (Å²) in [5.74, 6) is 0.989. The second kappa shape index (κ2) is 5.21. The fourth-order valence-corrected chi connectivity index (χ4v) is 2.36. The second-order valence-corrected chi connectivity index (χ2v) is 4.77. The molecule has 0 radical (unpaired) electrons. The first kappa shape index (κ1) is 12.0. The average Bonchev–Trinajstić information content (AvgIpc) is 2.28. The molecule has 1 aromatic rings. The van der Waals surface area contributed by atoms with Gasteiger partial charge in [-0.25, -0.2) is 0 Å². The molecule has 92 valence electrons. The monoisotopic (exact) mass is 231 g/mol. The molecule has 0 saturated heterocycles. The summed E-state index contributed by atoms with van der Waals surface area (Å²) in [5, 5.41) is 7.64. The van der Waals surface area contributed by atoms with Gasteiger partial charge in [0.1, 0.15) is 5.84 Å². The van der Waals surface area contributed by atoms with Crippen molar-refractivity contribution in [1.29, 1.82) is 5.41 Å². The van der Waals surface area contributed by atoms with Gasteiger partial charge in [0.05, 0.1) is 0 Å². The third-order valence-electron chi connectivity index (χ3n) is 3.62. The number of para-hydroxylation sites is 1. The summed E-state index contributed by atoms with van der Waals surface area (Å²) < 4.78 is 0. The van der Waals surface area contributed by atoms with E-state index in [1.807, 2.05) is 18.2 Å². The molecule has 0 amide bonds. The van der Waals surface area contributed by atoms with Crippen molar-refractivity contribution in [3.8, 4) is 0 Å². The number of rotatable bonds is 5. The maximum Gasteiger partial charge on any atom is 0.124 e. The fraction of sp³-hybridized carbons (Fsp3) is 0.500. The highest BCUT2D eigenvalue weighted by molar-refractivity contribution is 6.00. The van der Waals surface area contributed by atoms with Crippen molar-refractivity contribution in [2.75, 3.05) is 18.0 Å². The standard InChI is InChI=1S/C14H21N3/c1-2-17(10-11-6-5-7-11)13-9-4-3-8-12(13)14(15)16/h3-4,8-9,11H,2,5-7,10H2,1H3,(H3,15,16). The summed E-state index contributed by atoms with van der Waals surface area (Å²) in [6.07, 6.45) is 4.06. The maximum absolute atomic E-state index is 7.64. The lowest BCUT2D eigenvalue weighted by Gasteiger charge is -2.34. The van der Waals surface area contributed by atoms with Crippen LogP contribution in [0, 0.1) is 11.3 Å². The van der Waals surface area contributed by atoms with Crippen molar-refractivity contribution in [2.45, 2.75) is 26.2 Å². The molecule has 0 unspecified atom stereocenters. The Bertz CT molecular complexity index is 396. The molecule has 1 aromatic carbocycles. The van der Waals surface area contributed by atoms with Crippen molar-refractivity contribution in [1.82, 2.24) is 0 Å². The first-order valence-corrected chi connectivity index (χ1v) is 6.40. The minimum absolute atomic E-state index is 0.160. The molecule has 3 nitrogen and oxygen atoms in total. The Balaban J connectivity index is 2.19. The molecule has 2 rings (SSSR count). The number of amidine groups is 1. The molecule has 1 fully saturated rings. The number of hydrogen-bond acceptors (Lipinski definition) is 2. The van der Waals surface area contributed by atoms with Gasteiger partial charge in [0.15, 0.2) is 0 Å². The summed E-state index contributed by atoms with van der Waals surface area (Å²) in [4.78, 5) is 2.35. The molecule has 0 spiro atoms. The van der Waals surface area contributed by atoms with Crippen molar-refractivity contribution in [3.63, 3.8) is 0 Å².